The molecule has 7 aromatic rings. The summed E-state index contributed by atoms with van der Waals surface area (Å²) in [6.07, 6.45) is 1.66. The van der Waals surface area contributed by atoms with E-state index >= 15 is 0 Å². The van der Waals surface area contributed by atoms with Gasteiger partial charge in [-0.05, 0) is 46.7 Å². The lowest BCUT2D eigenvalue weighted by molar-refractivity contribution is 0.414. The molecule has 3 aromatic heterocycles. The molecule has 0 spiro atoms. The van der Waals surface area contributed by atoms with E-state index in [2.05, 4.69) is 47.4 Å². The second-order valence-electron chi connectivity index (χ2n) is 9.56. The first-order valence-electron chi connectivity index (χ1n) is 12.7. The highest BCUT2D eigenvalue weighted by Gasteiger charge is 2.34. The summed E-state index contributed by atoms with van der Waals surface area (Å²) in [5.41, 5.74) is 5.31. The fourth-order valence-corrected chi connectivity index (χ4v) is 5.53. The van der Waals surface area contributed by atoms with Gasteiger partial charge in [0.1, 0.15) is 23.5 Å². The van der Waals surface area contributed by atoms with Crippen LogP contribution in [0.15, 0.2) is 103 Å². The minimum Gasteiger partial charge on any atom is -0.497 e. The van der Waals surface area contributed by atoms with Crippen LogP contribution in [0.25, 0.3) is 38.8 Å². The quantitative estimate of drug-likeness (QED) is 0.262. The van der Waals surface area contributed by atoms with E-state index in [1.54, 1.807) is 18.0 Å². The van der Waals surface area contributed by atoms with Crippen molar-refractivity contribution < 1.29 is 9.47 Å². The number of benzene rings is 4. The number of hydrogen-bond donors (Lipinski definition) is 0. The van der Waals surface area contributed by atoms with Crippen molar-refractivity contribution in [2.45, 2.75) is 5.92 Å². The largest absolute Gasteiger partial charge is 0.497 e. The van der Waals surface area contributed by atoms with E-state index in [1.807, 2.05) is 54.6 Å². The number of ether oxygens (including phenoxy) is 2. The molecule has 1 atom stereocenters. The van der Waals surface area contributed by atoms with Crippen LogP contribution in [0.2, 0.25) is 0 Å². The van der Waals surface area contributed by atoms with Crippen molar-refractivity contribution in [3.63, 3.8) is 0 Å². The van der Waals surface area contributed by atoms with Crippen LogP contribution in [0.4, 0.5) is 0 Å². The van der Waals surface area contributed by atoms with Gasteiger partial charge in [0.2, 0.25) is 11.7 Å². The molecule has 0 fully saturated rings. The van der Waals surface area contributed by atoms with Gasteiger partial charge in [0.05, 0.1) is 18.2 Å². The molecular formula is C32H21N5O2. The summed E-state index contributed by atoms with van der Waals surface area (Å²) in [5, 5.41) is 8.11. The number of para-hydroxylation sites is 1. The number of pyridine rings is 1. The SMILES string of the molecule is COc1ccc(C2c3c(ccc4ccccc34)Oc3ncn4nc(-c5ccc6ccccc6n5)nc4c32)cc1. The van der Waals surface area contributed by atoms with Gasteiger partial charge in [-0.15, -0.1) is 5.10 Å². The highest BCUT2D eigenvalue weighted by molar-refractivity contribution is 5.91. The maximum Gasteiger partial charge on any atom is 0.228 e. The number of methoxy groups -OCH3 is 1. The third-order valence-electron chi connectivity index (χ3n) is 7.38. The van der Waals surface area contributed by atoms with Crippen molar-refractivity contribution in [2.24, 2.45) is 0 Å². The molecule has 8 rings (SSSR count). The molecule has 1 unspecified atom stereocenters. The molecule has 0 bridgehead atoms. The normalized spacial score (nSPS) is 14.2. The summed E-state index contributed by atoms with van der Waals surface area (Å²) in [4.78, 5) is 14.5. The molecule has 0 saturated heterocycles. The van der Waals surface area contributed by atoms with Gasteiger partial charge in [-0.25, -0.2) is 19.5 Å². The van der Waals surface area contributed by atoms with Crippen LogP contribution >= 0.6 is 0 Å². The predicted molar refractivity (Wildman–Crippen MR) is 149 cm³/mol. The molecule has 7 nitrogen and oxygen atoms in total. The Morgan fingerprint density at radius 1 is 0.769 bits per heavy atom. The third kappa shape index (κ3) is 3.37. The topological polar surface area (TPSA) is 74.4 Å². The van der Waals surface area contributed by atoms with Crippen molar-refractivity contribution in [3.05, 3.63) is 120 Å². The molecule has 1 aliphatic heterocycles. The first-order valence-corrected chi connectivity index (χ1v) is 12.7. The smallest absolute Gasteiger partial charge is 0.228 e. The highest BCUT2D eigenvalue weighted by Crippen LogP contribution is 2.50. The van der Waals surface area contributed by atoms with Crippen LogP contribution in [0.1, 0.15) is 22.6 Å². The molecule has 4 aromatic carbocycles. The van der Waals surface area contributed by atoms with Gasteiger partial charge in [0.15, 0.2) is 5.65 Å². The zero-order chi connectivity index (χ0) is 25.9. The fourth-order valence-electron chi connectivity index (χ4n) is 5.53. The lowest BCUT2D eigenvalue weighted by Crippen LogP contribution is -2.15. The van der Waals surface area contributed by atoms with Crippen molar-refractivity contribution in [3.8, 4) is 28.9 Å². The molecule has 0 radical (unpaired) electrons. The van der Waals surface area contributed by atoms with E-state index in [0.717, 1.165) is 49.9 Å². The Morgan fingerprint density at radius 3 is 2.44 bits per heavy atom. The molecule has 0 saturated carbocycles. The Balaban J connectivity index is 1.39. The zero-order valence-corrected chi connectivity index (χ0v) is 20.9. The number of nitrogens with zero attached hydrogens (tertiary/aromatic N) is 5. The first kappa shape index (κ1) is 21.8. The van der Waals surface area contributed by atoms with Gasteiger partial charge in [0, 0.05) is 16.9 Å². The van der Waals surface area contributed by atoms with Gasteiger partial charge >= 0.3 is 0 Å². The van der Waals surface area contributed by atoms with E-state index in [-0.39, 0.29) is 5.92 Å². The number of rotatable bonds is 3. The van der Waals surface area contributed by atoms with E-state index in [1.165, 1.54) is 0 Å². The van der Waals surface area contributed by atoms with Crippen LogP contribution < -0.4 is 9.47 Å². The maximum atomic E-state index is 6.43. The highest BCUT2D eigenvalue weighted by atomic mass is 16.5. The van der Waals surface area contributed by atoms with Gasteiger partial charge in [-0.3, -0.25) is 0 Å². The predicted octanol–water partition coefficient (Wildman–Crippen LogP) is 6.79. The molecule has 0 amide bonds. The summed E-state index contributed by atoms with van der Waals surface area (Å²) >= 11 is 0. The van der Waals surface area contributed by atoms with Crippen molar-refractivity contribution >= 4 is 27.3 Å². The van der Waals surface area contributed by atoms with E-state index in [4.69, 9.17) is 24.5 Å². The van der Waals surface area contributed by atoms with Gasteiger partial charge < -0.3 is 9.47 Å². The fraction of sp³-hybridized carbons (Fsp3) is 0.0625. The summed E-state index contributed by atoms with van der Waals surface area (Å²) in [6, 6.07) is 32.7. The number of aromatic nitrogens is 5. The first-order chi connectivity index (χ1) is 19.3. The molecule has 186 valence electrons. The van der Waals surface area contributed by atoms with E-state index in [0.29, 0.717) is 23.0 Å². The van der Waals surface area contributed by atoms with Crippen LogP contribution in [-0.4, -0.2) is 31.7 Å². The Morgan fingerprint density at radius 2 is 1.56 bits per heavy atom. The standard InChI is InChI=1S/C32H21N5O2/c1-38-22-14-10-21(11-15-22)27-28-23-8-4-2-6-19(23)13-17-26(28)39-32-29(27)31-35-30(36-37(31)18-33-32)25-16-12-20-7-3-5-9-24(20)34-25/h2-18,27H,1H3. The molecule has 0 aliphatic carbocycles. The van der Waals surface area contributed by atoms with Crippen LogP contribution in [-0.2, 0) is 0 Å². The summed E-state index contributed by atoms with van der Waals surface area (Å²) in [7, 11) is 1.67. The summed E-state index contributed by atoms with van der Waals surface area (Å²) in [5.74, 6) is 2.46. The van der Waals surface area contributed by atoms with E-state index in [9.17, 15) is 0 Å². The molecular weight excluding hydrogens is 486 g/mol. The summed E-state index contributed by atoms with van der Waals surface area (Å²) in [6.45, 7) is 0. The van der Waals surface area contributed by atoms with Gasteiger partial charge in [0.25, 0.3) is 0 Å². The molecule has 0 N–H and O–H groups in total. The van der Waals surface area contributed by atoms with Crippen LogP contribution in [0, 0.1) is 0 Å². The van der Waals surface area contributed by atoms with Gasteiger partial charge in [-0.1, -0.05) is 66.7 Å². The minimum atomic E-state index is -0.182. The average Bonchev–Trinajstić information content (AvgIpc) is 3.44. The second kappa shape index (κ2) is 8.36. The molecule has 7 heteroatoms. The Labute approximate surface area is 223 Å². The molecule has 4 heterocycles. The van der Waals surface area contributed by atoms with Crippen LogP contribution in [0.5, 0.6) is 17.4 Å². The van der Waals surface area contributed by atoms with Crippen molar-refractivity contribution in [1.29, 1.82) is 0 Å². The van der Waals surface area contributed by atoms with Gasteiger partial charge in [-0.2, -0.15) is 0 Å². The zero-order valence-electron chi connectivity index (χ0n) is 20.9. The Hall–Kier alpha value is -5.30. The monoisotopic (exact) mass is 507 g/mol. The third-order valence-corrected chi connectivity index (χ3v) is 7.38. The molecule has 1 aliphatic rings. The lowest BCUT2D eigenvalue weighted by atomic mass is 9.81. The number of fused-ring (bicyclic) bond motifs is 7. The van der Waals surface area contributed by atoms with E-state index < -0.39 is 0 Å². The number of hydrogen-bond acceptors (Lipinski definition) is 6. The lowest BCUT2D eigenvalue weighted by Gasteiger charge is -2.29. The maximum absolute atomic E-state index is 6.43. The van der Waals surface area contributed by atoms with Crippen molar-refractivity contribution in [2.75, 3.05) is 7.11 Å². The van der Waals surface area contributed by atoms with Crippen LogP contribution in [0.3, 0.4) is 0 Å². The Bertz CT molecular complexity index is 2050. The molecule has 39 heavy (non-hydrogen) atoms. The minimum absolute atomic E-state index is 0.182. The average molecular weight is 508 g/mol. The second-order valence-corrected chi connectivity index (χ2v) is 9.56. The summed E-state index contributed by atoms with van der Waals surface area (Å²) < 4.78 is 13.6. The Kier molecular flexibility index (Phi) is 4.66. The van der Waals surface area contributed by atoms with Crippen molar-refractivity contribution in [1.82, 2.24) is 24.6 Å².